The van der Waals surface area contributed by atoms with Gasteiger partial charge in [0.05, 0.1) is 61.7 Å². The Kier molecular flexibility index (Phi) is 16.3. The summed E-state index contributed by atoms with van der Waals surface area (Å²) in [6.07, 6.45) is 3.69. The van der Waals surface area contributed by atoms with Crippen LogP contribution in [0, 0.1) is 13.8 Å². The Morgan fingerprint density at radius 3 is 1.14 bits per heavy atom. The number of rotatable bonds is 18. The molecule has 4 atom stereocenters. The number of ether oxygens (including phenoxy) is 4. The second-order valence-corrected chi connectivity index (χ2v) is 20.9. The first-order valence-corrected chi connectivity index (χ1v) is 25.5. The number of benzene rings is 2. The largest absolute Gasteiger partial charge is 0.494 e. The molecule has 0 unspecified atom stereocenters. The highest BCUT2D eigenvalue weighted by Gasteiger charge is 2.35. The van der Waals surface area contributed by atoms with Crippen molar-refractivity contribution in [3.05, 3.63) is 144 Å². The molecule has 0 aliphatic heterocycles. The fourth-order valence-corrected chi connectivity index (χ4v) is 10.1. The Balaban J connectivity index is 0.000000211. The molecule has 72 heavy (non-hydrogen) atoms. The molecule has 0 aliphatic rings. The van der Waals surface area contributed by atoms with Gasteiger partial charge in [0.1, 0.15) is 58.1 Å². The van der Waals surface area contributed by atoms with Gasteiger partial charge in [0.25, 0.3) is 0 Å². The zero-order chi connectivity index (χ0) is 51.7. The maximum Gasteiger partial charge on any atom is 0.170 e. The number of para-hydroxylation sites is 2. The first-order valence-electron chi connectivity index (χ1n) is 22.0. The van der Waals surface area contributed by atoms with Gasteiger partial charge < -0.3 is 29.2 Å². The first-order chi connectivity index (χ1) is 34.5. The standard InChI is InChI=1S/2C24H26N6O5S/c2*1-15-10-11-18(27-26-15)23(31)16(2)36(32,33)14-21-28-29-24(17-7-6-12-25-13-17)30(21)22-19(34-3)8-5-9-20(22)35-4/h2*5-13,16,23,31H,14H2,1-4H3/t2*16-,23-/m10/s1. The second-order valence-electron chi connectivity index (χ2n) is 16.2. The van der Waals surface area contributed by atoms with Gasteiger partial charge >= 0.3 is 0 Å². The summed E-state index contributed by atoms with van der Waals surface area (Å²) in [5, 5.41) is 51.8. The number of aromatic nitrogens is 12. The van der Waals surface area contributed by atoms with Crippen molar-refractivity contribution in [1.82, 2.24) is 59.9 Å². The van der Waals surface area contributed by atoms with Crippen LogP contribution >= 0.6 is 0 Å². The van der Waals surface area contributed by atoms with E-state index in [9.17, 15) is 27.0 Å². The average molecular weight is 1020 g/mol. The van der Waals surface area contributed by atoms with E-state index in [4.69, 9.17) is 18.9 Å². The Hall–Kier alpha value is -7.80. The van der Waals surface area contributed by atoms with E-state index < -0.39 is 53.9 Å². The van der Waals surface area contributed by atoms with E-state index in [0.717, 1.165) is 0 Å². The summed E-state index contributed by atoms with van der Waals surface area (Å²) in [5.74, 6) is 1.64. The molecule has 0 amide bonds. The van der Waals surface area contributed by atoms with E-state index >= 15 is 0 Å². The summed E-state index contributed by atoms with van der Waals surface area (Å²) in [7, 11) is -1.88. The van der Waals surface area contributed by atoms with Gasteiger partial charge in [-0.2, -0.15) is 20.4 Å². The Labute approximate surface area is 415 Å². The van der Waals surface area contributed by atoms with Crippen LogP contribution in [-0.4, -0.2) is 126 Å². The minimum atomic E-state index is -3.95. The van der Waals surface area contributed by atoms with Crippen LogP contribution in [0.1, 0.15) is 60.5 Å². The van der Waals surface area contributed by atoms with Gasteiger partial charge in [-0.25, -0.2) is 16.8 Å². The smallest absolute Gasteiger partial charge is 0.170 e. The van der Waals surface area contributed by atoms with Crippen LogP contribution in [0.3, 0.4) is 0 Å². The van der Waals surface area contributed by atoms with Crippen LogP contribution in [0.25, 0.3) is 34.2 Å². The van der Waals surface area contributed by atoms with Crippen molar-refractivity contribution < 1.29 is 46.0 Å². The fraction of sp³-hybridized carbons (Fsp3) is 0.292. The molecule has 22 nitrogen and oxygen atoms in total. The van der Waals surface area contributed by atoms with Crippen LogP contribution < -0.4 is 18.9 Å². The molecule has 6 heterocycles. The lowest BCUT2D eigenvalue weighted by atomic mass is 10.2. The van der Waals surface area contributed by atoms with Gasteiger partial charge in [0.2, 0.25) is 0 Å². The van der Waals surface area contributed by atoms with Gasteiger partial charge in [-0.05, 0) is 100 Å². The van der Waals surface area contributed by atoms with Crippen molar-refractivity contribution in [2.75, 3.05) is 28.4 Å². The number of hydrogen-bond acceptors (Lipinski definition) is 20. The molecule has 8 rings (SSSR count). The minimum Gasteiger partial charge on any atom is -0.494 e. The number of nitrogens with zero attached hydrogens (tertiary/aromatic N) is 12. The highest BCUT2D eigenvalue weighted by atomic mass is 32.2. The molecule has 6 aromatic heterocycles. The van der Waals surface area contributed by atoms with Crippen LogP contribution in [0.5, 0.6) is 23.0 Å². The predicted octanol–water partition coefficient (Wildman–Crippen LogP) is 4.96. The highest BCUT2D eigenvalue weighted by molar-refractivity contribution is 7.91. The average Bonchev–Trinajstić information content (AvgIpc) is 4.01. The van der Waals surface area contributed by atoms with Crippen LogP contribution in [0.15, 0.2) is 110 Å². The second kappa shape index (κ2) is 22.5. The number of methoxy groups -OCH3 is 4. The maximum absolute atomic E-state index is 13.5. The fourth-order valence-electron chi connectivity index (χ4n) is 7.39. The Morgan fingerprint density at radius 2 is 0.847 bits per heavy atom. The van der Waals surface area contributed by atoms with Crippen molar-refractivity contribution in [1.29, 1.82) is 0 Å². The molecule has 2 aromatic carbocycles. The Bertz CT molecular complexity index is 3060. The van der Waals surface area contributed by atoms with Gasteiger partial charge in [0.15, 0.2) is 43.0 Å². The molecule has 0 bridgehead atoms. The third kappa shape index (κ3) is 11.2. The van der Waals surface area contributed by atoms with Crippen LogP contribution in [-0.2, 0) is 31.2 Å². The van der Waals surface area contributed by atoms with E-state index in [0.29, 0.717) is 68.5 Å². The van der Waals surface area contributed by atoms with E-state index in [2.05, 4.69) is 50.8 Å². The number of aliphatic hydroxyl groups is 2. The summed E-state index contributed by atoms with van der Waals surface area (Å²) in [6, 6.07) is 23.9. The summed E-state index contributed by atoms with van der Waals surface area (Å²) in [5.41, 5.74) is 3.75. The minimum absolute atomic E-state index is 0.116. The van der Waals surface area contributed by atoms with E-state index in [1.54, 1.807) is 133 Å². The maximum atomic E-state index is 13.5. The molecule has 2 N–H and O–H groups in total. The van der Waals surface area contributed by atoms with Gasteiger partial charge in [-0.3, -0.25) is 19.1 Å². The molecular weight excluding hydrogens is 969 g/mol. The predicted molar refractivity (Wildman–Crippen MR) is 263 cm³/mol. The zero-order valence-corrected chi connectivity index (χ0v) is 42.1. The molecule has 376 valence electrons. The van der Waals surface area contributed by atoms with E-state index in [1.807, 2.05) is 0 Å². The number of sulfone groups is 2. The van der Waals surface area contributed by atoms with Gasteiger partial charge in [0, 0.05) is 35.9 Å². The summed E-state index contributed by atoms with van der Waals surface area (Å²) >= 11 is 0. The van der Waals surface area contributed by atoms with Crippen molar-refractivity contribution in [2.45, 2.75) is 61.9 Å². The summed E-state index contributed by atoms with van der Waals surface area (Å²) in [6.45, 7) is 6.35. The van der Waals surface area contributed by atoms with Crippen molar-refractivity contribution in [3.8, 4) is 57.1 Å². The lowest BCUT2D eigenvalue weighted by Gasteiger charge is -2.20. The molecule has 0 fully saturated rings. The third-order valence-corrected chi connectivity index (χ3v) is 15.6. The molecular formula is C48H52N12O10S2. The number of pyridine rings is 2. The summed E-state index contributed by atoms with van der Waals surface area (Å²) < 4.78 is 79.2. The van der Waals surface area contributed by atoms with Crippen LogP contribution in [0.4, 0.5) is 0 Å². The molecule has 24 heteroatoms. The Morgan fingerprint density at radius 1 is 0.486 bits per heavy atom. The number of aliphatic hydroxyl groups excluding tert-OH is 2. The lowest BCUT2D eigenvalue weighted by molar-refractivity contribution is 0.169. The monoisotopic (exact) mass is 1020 g/mol. The summed E-state index contributed by atoms with van der Waals surface area (Å²) in [4.78, 5) is 8.30. The number of hydrogen-bond donors (Lipinski definition) is 2. The van der Waals surface area contributed by atoms with E-state index in [-0.39, 0.29) is 23.0 Å². The third-order valence-electron chi connectivity index (χ3n) is 11.5. The molecule has 0 spiro atoms. The van der Waals surface area contributed by atoms with Crippen molar-refractivity contribution >= 4 is 19.7 Å². The normalized spacial score (nSPS) is 13.2. The SMILES string of the molecule is COc1cccc(OC)c1-n1c(CS(=O)(=O)[C@@H](C)[C@H](O)c2ccc(C)nn2)nnc1-c1cccnc1.COc1cccc(OC)c1-n1c(CS(=O)(=O)[C@H](C)[C@@H](O)c2ccc(C)nn2)nnc1-c1cccnc1. The molecule has 0 aliphatic carbocycles. The van der Waals surface area contributed by atoms with Gasteiger partial charge in [-0.1, -0.05) is 12.1 Å². The lowest BCUT2D eigenvalue weighted by Crippen LogP contribution is -2.28. The van der Waals surface area contributed by atoms with Crippen molar-refractivity contribution in [3.63, 3.8) is 0 Å². The van der Waals surface area contributed by atoms with Gasteiger partial charge in [-0.15, -0.1) is 20.4 Å². The molecule has 0 saturated carbocycles. The first kappa shape index (κ1) is 52.0. The van der Waals surface area contributed by atoms with Crippen molar-refractivity contribution in [2.24, 2.45) is 0 Å². The number of aryl methyl sites for hydroxylation is 2. The van der Waals surface area contributed by atoms with E-state index in [1.165, 1.54) is 42.3 Å². The molecule has 8 aromatic rings. The molecule has 0 radical (unpaired) electrons. The van der Waals surface area contributed by atoms with Crippen LogP contribution in [0.2, 0.25) is 0 Å². The molecule has 0 saturated heterocycles. The quantitative estimate of drug-likeness (QED) is 0.115. The highest BCUT2D eigenvalue weighted by Crippen LogP contribution is 2.39. The topological polar surface area (TPSA) is 284 Å². The zero-order valence-electron chi connectivity index (χ0n) is 40.5.